The highest BCUT2D eigenvalue weighted by molar-refractivity contribution is 5.93. The van der Waals surface area contributed by atoms with Gasteiger partial charge in [-0.2, -0.15) is 5.26 Å². The molecule has 3 amide bonds. The van der Waals surface area contributed by atoms with E-state index in [0.717, 1.165) is 0 Å². The maximum Gasteiger partial charge on any atom is 0.246 e. The minimum Gasteiger partial charge on any atom is -0.391 e. The van der Waals surface area contributed by atoms with Gasteiger partial charge in [-0.15, -0.1) is 0 Å². The van der Waals surface area contributed by atoms with Gasteiger partial charge in [-0.3, -0.25) is 14.4 Å². The minimum absolute atomic E-state index is 0.00681. The summed E-state index contributed by atoms with van der Waals surface area (Å²) in [6.45, 7) is 5.27. The van der Waals surface area contributed by atoms with Gasteiger partial charge in [-0.1, -0.05) is 20.8 Å². The van der Waals surface area contributed by atoms with E-state index in [1.54, 1.807) is 26.8 Å². The summed E-state index contributed by atoms with van der Waals surface area (Å²) >= 11 is 0. The van der Waals surface area contributed by atoms with E-state index in [1.807, 2.05) is 0 Å². The van der Waals surface area contributed by atoms with Crippen molar-refractivity contribution >= 4 is 17.7 Å². The van der Waals surface area contributed by atoms with Crippen LogP contribution in [0.25, 0.3) is 0 Å². The van der Waals surface area contributed by atoms with Gasteiger partial charge in [-0.05, 0) is 5.41 Å². The Hall–Kier alpha value is -2.14. The van der Waals surface area contributed by atoms with E-state index in [9.17, 15) is 19.5 Å². The third-order valence-electron chi connectivity index (χ3n) is 3.55. The largest absolute Gasteiger partial charge is 0.391 e. The first-order valence-corrected chi connectivity index (χ1v) is 7.02. The van der Waals surface area contributed by atoms with Crippen LogP contribution >= 0.6 is 0 Å². The van der Waals surface area contributed by atoms with Gasteiger partial charge in [0.05, 0.1) is 12.2 Å². The fourth-order valence-electron chi connectivity index (χ4n) is 2.43. The number of amides is 3. The zero-order valence-corrected chi connectivity index (χ0v) is 13.0. The molecule has 2 unspecified atom stereocenters. The number of nitrogens with two attached hydrogens (primary N) is 1. The van der Waals surface area contributed by atoms with Crippen molar-refractivity contribution in [2.75, 3.05) is 6.54 Å². The molecule has 0 bridgehead atoms. The number of rotatable bonds is 4. The fraction of sp³-hybridized carbons (Fsp3) is 0.714. The molecule has 1 rings (SSSR count). The highest BCUT2D eigenvalue weighted by atomic mass is 16.3. The van der Waals surface area contributed by atoms with E-state index in [0.29, 0.717) is 0 Å². The number of aliphatic hydroxyl groups is 1. The molecular weight excluding hydrogens is 288 g/mol. The van der Waals surface area contributed by atoms with E-state index in [4.69, 9.17) is 11.0 Å². The predicted octanol–water partition coefficient (Wildman–Crippen LogP) is -1.12. The number of β-amino-alcohol motifs (C(OH)–C–C–N with tert-alkyl or cyclic N) is 1. The lowest BCUT2D eigenvalue weighted by molar-refractivity contribution is -0.143. The molecule has 8 nitrogen and oxygen atoms in total. The molecule has 0 aromatic heterocycles. The number of primary amides is 1. The zero-order valence-electron chi connectivity index (χ0n) is 13.0. The normalized spacial score (nSPS) is 22.8. The van der Waals surface area contributed by atoms with Gasteiger partial charge in [-0.25, -0.2) is 0 Å². The second-order valence-electron chi connectivity index (χ2n) is 6.50. The van der Waals surface area contributed by atoms with E-state index in [-0.39, 0.29) is 19.4 Å². The summed E-state index contributed by atoms with van der Waals surface area (Å²) in [7, 11) is 0. The molecule has 0 saturated carbocycles. The lowest BCUT2D eigenvalue weighted by atomic mass is 9.85. The maximum absolute atomic E-state index is 12.7. The molecule has 8 heteroatoms. The van der Waals surface area contributed by atoms with Crippen LogP contribution in [0.1, 0.15) is 33.6 Å². The minimum atomic E-state index is -0.916. The Morgan fingerprint density at radius 3 is 2.50 bits per heavy atom. The molecule has 1 aliphatic rings. The van der Waals surface area contributed by atoms with Crippen molar-refractivity contribution in [1.29, 1.82) is 5.26 Å². The van der Waals surface area contributed by atoms with Gasteiger partial charge in [0.15, 0.2) is 0 Å². The van der Waals surface area contributed by atoms with Crippen LogP contribution in [0, 0.1) is 16.7 Å². The molecule has 0 spiro atoms. The molecule has 0 aromatic rings. The first kappa shape index (κ1) is 17.9. The van der Waals surface area contributed by atoms with Crippen molar-refractivity contribution in [1.82, 2.24) is 10.2 Å². The molecule has 0 aromatic carbocycles. The summed E-state index contributed by atoms with van der Waals surface area (Å²) in [6, 6.07) is -0.0891. The van der Waals surface area contributed by atoms with Crippen LogP contribution in [-0.4, -0.2) is 52.5 Å². The fourth-order valence-corrected chi connectivity index (χ4v) is 2.43. The molecular formula is C14H22N4O4. The summed E-state index contributed by atoms with van der Waals surface area (Å²) in [4.78, 5) is 37.0. The van der Waals surface area contributed by atoms with E-state index < -0.39 is 41.3 Å². The molecule has 1 fully saturated rings. The van der Waals surface area contributed by atoms with Gasteiger partial charge in [0, 0.05) is 13.0 Å². The van der Waals surface area contributed by atoms with Crippen LogP contribution < -0.4 is 11.1 Å². The van der Waals surface area contributed by atoms with Gasteiger partial charge < -0.3 is 21.1 Å². The van der Waals surface area contributed by atoms with Crippen LogP contribution in [0.2, 0.25) is 0 Å². The number of carbonyl (C=O) groups excluding carboxylic acids is 3. The van der Waals surface area contributed by atoms with Crippen LogP contribution in [-0.2, 0) is 14.4 Å². The molecule has 1 heterocycles. The lowest BCUT2D eigenvalue weighted by Gasteiger charge is -2.34. The second-order valence-corrected chi connectivity index (χ2v) is 6.50. The first-order chi connectivity index (χ1) is 10.1. The SMILES string of the molecule is CC(C)(C)[C@H](NC(=O)CC#N)C(=O)N1CC(O)CC1C(N)=O. The average molecular weight is 310 g/mol. The summed E-state index contributed by atoms with van der Waals surface area (Å²) in [5.74, 6) is -1.74. The van der Waals surface area contributed by atoms with Gasteiger partial charge in [0.25, 0.3) is 0 Å². The molecule has 122 valence electrons. The number of aliphatic hydroxyl groups excluding tert-OH is 1. The van der Waals surface area contributed by atoms with Gasteiger partial charge >= 0.3 is 0 Å². The van der Waals surface area contributed by atoms with Gasteiger partial charge in [0.1, 0.15) is 18.5 Å². The van der Waals surface area contributed by atoms with Crippen molar-refractivity contribution in [2.45, 2.75) is 51.8 Å². The highest BCUT2D eigenvalue weighted by Crippen LogP contribution is 2.25. The Balaban J connectivity index is 2.99. The quantitative estimate of drug-likeness (QED) is 0.604. The number of hydrogen-bond acceptors (Lipinski definition) is 5. The Labute approximate surface area is 129 Å². The molecule has 1 saturated heterocycles. The number of nitrogens with zero attached hydrogens (tertiary/aromatic N) is 2. The molecule has 22 heavy (non-hydrogen) atoms. The maximum atomic E-state index is 12.7. The molecule has 0 radical (unpaired) electrons. The van der Waals surface area contributed by atoms with E-state index >= 15 is 0 Å². The van der Waals surface area contributed by atoms with E-state index in [1.165, 1.54) is 4.90 Å². The summed E-state index contributed by atoms with van der Waals surface area (Å²) < 4.78 is 0. The standard InChI is InChI=1S/C14H22N4O4/c1-14(2,3)11(17-10(20)4-5-15)13(22)18-7-8(19)6-9(18)12(16)21/h8-9,11,19H,4,6-7H2,1-3H3,(H2,16,21)(H,17,20)/t8?,9?,11-/m1/s1. The third kappa shape index (κ3) is 4.18. The topological polar surface area (TPSA) is 137 Å². The third-order valence-corrected chi connectivity index (χ3v) is 3.55. The lowest BCUT2D eigenvalue weighted by Crippen LogP contribution is -2.57. The first-order valence-electron chi connectivity index (χ1n) is 7.02. The Kier molecular flexibility index (Phi) is 5.49. The Bertz CT molecular complexity index is 506. The second kappa shape index (κ2) is 6.75. The van der Waals surface area contributed by atoms with Crippen molar-refractivity contribution in [2.24, 2.45) is 11.1 Å². The van der Waals surface area contributed by atoms with Crippen LogP contribution in [0.5, 0.6) is 0 Å². The Morgan fingerprint density at radius 1 is 1.45 bits per heavy atom. The van der Waals surface area contributed by atoms with Crippen LogP contribution in [0.15, 0.2) is 0 Å². The predicted molar refractivity (Wildman–Crippen MR) is 76.9 cm³/mol. The van der Waals surface area contributed by atoms with Crippen molar-refractivity contribution < 1.29 is 19.5 Å². The molecule has 3 atom stereocenters. The monoisotopic (exact) mass is 310 g/mol. The van der Waals surface area contributed by atoms with Crippen molar-refractivity contribution in [3.8, 4) is 6.07 Å². The highest BCUT2D eigenvalue weighted by Gasteiger charge is 2.43. The molecule has 1 aliphatic heterocycles. The molecule has 4 N–H and O–H groups in total. The summed E-state index contributed by atoms with van der Waals surface area (Å²) in [5, 5.41) is 20.8. The Morgan fingerprint density at radius 2 is 2.05 bits per heavy atom. The smallest absolute Gasteiger partial charge is 0.246 e. The van der Waals surface area contributed by atoms with Crippen LogP contribution in [0.4, 0.5) is 0 Å². The summed E-state index contributed by atoms with van der Waals surface area (Å²) in [6.07, 6.45) is -1.09. The zero-order chi connectivity index (χ0) is 17.1. The van der Waals surface area contributed by atoms with E-state index in [2.05, 4.69) is 5.32 Å². The molecule has 0 aliphatic carbocycles. The van der Waals surface area contributed by atoms with Crippen molar-refractivity contribution in [3.05, 3.63) is 0 Å². The number of likely N-dealkylation sites (tertiary alicyclic amines) is 1. The van der Waals surface area contributed by atoms with Gasteiger partial charge in [0.2, 0.25) is 17.7 Å². The number of nitrogens with one attached hydrogen (secondary N) is 1. The average Bonchev–Trinajstić information content (AvgIpc) is 2.76. The number of carbonyl (C=O) groups is 3. The summed E-state index contributed by atoms with van der Waals surface area (Å²) in [5.41, 5.74) is 4.64. The number of hydrogen-bond donors (Lipinski definition) is 3. The van der Waals surface area contributed by atoms with Crippen molar-refractivity contribution in [3.63, 3.8) is 0 Å². The van der Waals surface area contributed by atoms with Crippen LogP contribution in [0.3, 0.4) is 0 Å². The number of nitriles is 1.